The molecule has 7 nitrogen and oxygen atoms in total. The third-order valence-electron chi connectivity index (χ3n) is 3.37. The summed E-state index contributed by atoms with van der Waals surface area (Å²) in [5, 5.41) is 6.96. The first kappa shape index (κ1) is 19.6. The minimum Gasteiger partial charge on any atom is -0.493 e. The largest absolute Gasteiger partial charge is 0.493 e. The number of hydrogen-bond acceptors (Lipinski definition) is 6. The van der Waals surface area contributed by atoms with Gasteiger partial charge in [0.15, 0.2) is 11.5 Å². The SMILES string of the molecule is COc1cc(C=NNC(=O)CNc2cccc(Br)c2)cc(OC)c1OC. The summed E-state index contributed by atoms with van der Waals surface area (Å²) >= 11 is 3.38. The molecular formula is C18H20BrN3O4. The second-order valence-corrected chi connectivity index (χ2v) is 6.03. The monoisotopic (exact) mass is 421 g/mol. The van der Waals surface area contributed by atoms with E-state index in [9.17, 15) is 4.79 Å². The fourth-order valence-electron chi connectivity index (χ4n) is 2.18. The van der Waals surface area contributed by atoms with Crippen LogP contribution in [0.2, 0.25) is 0 Å². The molecule has 0 radical (unpaired) electrons. The number of halogens is 1. The molecule has 2 aromatic rings. The van der Waals surface area contributed by atoms with E-state index in [-0.39, 0.29) is 12.5 Å². The number of hydrazone groups is 1. The lowest BCUT2D eigenvalue weighted by Gasteiger charge is -2.12. The molecule has 0 heterocycles. The number of methoxy groups -OCH3 is 3. The molecule has 0 saturated carbocycles. The van der Waals surface area contributed by atoms with Crippen molar-refractivity contribution in [3.63, 3.8) is 0 Å². The Labute approximate surface area is 160 Å². The number of ether oxygens (including phenoxy) is 3. The minimum atomic E-state index is -0.270. The van der Waals surface area contributed by atoms with E-state index < -0.39 is 0 Å². The molecule has 2 aromatic carbocycles. The Bertz CT molecular complexity index is 771. The summed E-state index contributed by atoms with van der Waals surface area (Å²) in [6.07, 6.45) is 1.50. The van der Waals surface area contributed by atoms with Crippen LogP contribution in [0.1, 0.15) is 5.56 Å². The van der Waals surface area contributed by atoms with Crippen LogP contribution >= 0.6 is 15.9 Å². The predicted molar refractivity (Wildman–Crippen MR) is 104 cm³/mol. The van der Waals surface area contributed by atoms with Crippen molar-refractivity contribution in [1.29, 1.82) is 0 Å². The van der Waals surface area contributed by atoms with Gasteiger partial charge in [-0.25, -0.2) is 5.43 Å². The third kappa shape index (κ3) is 5.38. The Hall–Kier alpha value is -2.74. The minimum absolute atomic E-state index is 0.100. The van der Waals surface area contributed by atoms with Crippen LogP contribution in [0.4, 0.5) is 5.69 Å². The van der Waals surface area contributed by atoms with E-state index in [1.807, 2.05) is 24.3 Å². The molecule has 0 aliphatic carbocycles. The molecule has 2 N–H and O–H groups in total. The maximum atomic E-state index is 11.9. The first-order valence-corrected chi connectivity index (χ1v) is 8.48. The van der Waals surface area contributed by atoms with Crippen LogP contribution in [0.15, 0.2) is 46.0 Å². The molecule has 0 saturated heterocycles. The van der Waals surface area contributed by atoms with Gasteiger partial charge in [-0.1, -0.05) is 22.0 Å². The lowest BCUT2D eigenvalue weighted by molar-refractivity contribution is -0.119. The first-order valence-electron chi connectivity index (χ1n) is 7.68. The van der Waals surface area contributed by atoms with Gasteiger partial charge in [0.2, 0.25) is 5.75 Å². The van der Waals surface area contributed by atoms with Crippen LogP contribution in [0, 0.1) is 0 Å². The van der Waals surface area contributed by atoms with Crippen LogP contribution < -0.4 is 25.0 Å². The molecule has 0 spiro atoms. The maximum Gasteiger partial charge on any atom is 0.259 e. The van der Waals surface area contributed by atoms with Crippen molar-refractivity contribution in [3.05, 3.63) is 46.4 Å². The van der Waals surface area contributed by atoms with E-state index in [2.05, 4.69) is 31.8 Å². The average Bonchev–Trinajstić information content (AvgIpc) is 2.65. The molecule has 26 heavy (non-hydrogen) atoms. The Kier molecular flexibility index (Phi) is 7.28. The second kappa shape index (κ2) is 9.67. The quantitative estimate of drug-likeness (QED) is 0.505. The summed E-state index contributed by atoms with van der Waals surface area (Å²) in [5.74, 6) is 1.25. The van der Waals surface area contributed by atoms with Crippen molar-refractivity contribution in [3.8, 4) is 17.2 Å². The lowest BCUT2D eigenvalue weighted by Crippen LogP contribution is -2.25. The topological polar surface area (TPSA) is 81.2 Å². The number of rotatable bonds is 8. The van der Waals surface area contributed by atoms with Crippen LogP contribution in [-0.2, 0) is 4.79 Å². The van der Waals surface area contributed by atoms with Crippen LogP contribution in [0.25, 0.3) is 0 Å². The molecule has 0 unspecified atom stereocenters. The maximum absolute atomic E-state index is 11.9. The number of carbonyl (C=O) groups is 1. The van der Waals surface area contributed by atoms with Crippen molar-refractivity contribution in [2.45, 2.75) is 0 Å². The molecule has 0 fully saturated rings. The Morgan fingerprint density at radius 1 is 1.12 bits per heavy atom. The van der Waals surface area contributed by atoms with Crippen LogP contribution in [-0.4, -0.2) is 40.0 Å². The zero-order valence-corrected chi connectivity index (χ0v) is 16.3. The van der Waals surface area contributed by atoms with Crippen molar-refractivity contribution in [1.82, 2.24) is 5.43 Å². The van der Waals surface area contributed by atoms with Gasteiger partial charge in [0.05, 0.1) is 34.1 Å². The number of anilines is 1. The van der Waals surface area contributed by atoms with E-state index >= 15 is 0 Å². The van der Waals surface area contributed by atoms with E-state index in [0.717, 1.165) is 10.2 Å². The number of nitrogens with zero attached hydrogens (tertiary/aromatic N) is 1. The van der Waals surface area contributed by atoms with Gasteiger partial charge in [0, 0.05) is 15.7 Å². The third-order valence-corrected chi connectivity index (χ3v) is 3.86. The van der Waals surface area contributed by atoms with Gasteiger partial charge in [-0.2, -0.15) is 5.10 Å². The Morgan fingerprint density at radius 2 is 1.81 bits per heavy atom. The van der Waals surface area contributed by atoms with Gasteiger partial charge in [-0.15, -0.1) is 0 Å². The lowest BCUT2D eigenvalue weighted by atomic mass is 10.2. The van der Waals surface area contributed by atoms with Gasteiger partial charge >= 0.3 is 0 Å². The zero-order valence-electron chi connectivity index (χ0n) is 14.7. The first-order chi connectivity index (χ1) is 12.6. The molecule has 2 rings (SSSR count). The summed E-state index contributed by atoms with van der Waals surface area (Å²) in [5.41, 5.74) is 3.99. The number of amides is 1. The second-order valence-electron chi connectivity index (χ2n) is 5.12. The van der Waals surface area contributed by atoms with Crippen molar-refractivity contribution in [2.75, 3.05) is 33.2 Å². The van der Waals surface area contributed by atoms with E-state index in [4.69, 9.17) is 14.2 Å². The fraction of sp³-hybridized carbons (Fsp3) is 0.222. The number of hydrogen-bond donors (Lipinski definition) is 2. The van der Waals surface area contributed by atoms with Gasteiger partial charge in [-0.05, 0) is 30.3 Å². The summed E-state index contributed by atoms with van der Waals surface area (Å²) < 4.78 is 16.7. The van der Waals surface area contributed by atoms with E-state index in [0.29, 0.717) is 22.8 Å². The highest BCUT2D eigenvalue weighted by Gasteiger charge is 2.12. The molecule has 0 aliphatic rings. The van der Waals surface area contributed by atoms with Crippen molar-refractivity contribution >= 4 is 33.7 Å². The smallest absolute Gasteiger partial charge is 0.259 e. The normalized spacial score (nSPS) is 10.5. The van der Waals surface area contributed by atoms with E-state index in [1.165, 1.54) is 27.5 Å². The van der Waals surface area contributed by atoms with Crippen molar-refractivity contribution in [2.24, 2.45) is 5.10 Å². The van der Waals surface area contributed by atoms with Crippen LogP contribution in [0.3, 0.4) is 0 Å². The van der Waals surface area contributed by atoms with Crippen molar-refractivity contribution < 1.29 is 19.0 Å². The van der Waals surface area contributed by atoms with Gasteiger partial charge in [0.25, 0.3) is 5.91 Å². The summed E-state index contributed by atoms with van der Waals surface area (Å²) in [7, 11) is 4.60. The molecule has 0 aromatic heterocycles. The Balaban J connectivity index is 1.96. The molecular weight excluding hydrogens is 402 g/mol. The highest BCUT2D eigenvalue weighted by atomic mass is 79.9. The number of carbonyl (C=O) groups excluding carboxylic acids is 1. The molecule has 0 atom stereocenters. The fourth-order valence-corrected chi connectivity index (χ4v) is 2.57. The molecule has 0 aliphatic heterocycles. The average molecular weight is 422 g/mol. The number of benzene rings is 2. The molecule has 1 amide bonds. The molecule has 8 heteroatoms. The van der Waals surface area contributed by atoms with Gasteiger partial charge in [0.1, 0.15) is 0 Å². The summed E-state index contributed by atoms with van der Waals surface area (Å²) in [6.45, 7) is 0.100. The Morgan fingerprint density at radius 3 is 2.38 bits per heavy atom. The highest BCUT2D eigenvalue weighted by Crippen LogP contribution is 2.37. The molecule has 0 bridgehead atoms. The van der Waals surface area contributed by atoms with E-state index in [1.54, 1.807) is 12.1 Å². The molecule has 138 valence electrons. The highest BCUT2D eigenvalue weighted by molar-refractivity contribution is 9.10. The summed E-state index contributed by atoms with van der Waals surface area (Å²) in [4.78, 5) is 11.9. The predicted octanol–water partition coefficient (Wildman–Crippen LogP) is 3.04. The van der Waals surface area contributed by atoms with Crippen LogP contribution in [0.5, 0.6) is 17.2 Å². The zero-order chi connectivity index (χ0) is 18.9. The summed E-state index contributed by atoms with van der Waals surface area (Å²) in [6, 6.07) is 11.0. The number of nitrogens with one attached hydrogen (secondary N) is 2. The standard InChI is InChI=1S/C18H20BrN3O4/c1-24-15-7-12(8-16(25-2)18(15)26-3)10-21-22-17(23)11-20-14-6-4-5-13(19)9-14/h4-10,20H,11H2,1-3H3,(H,22,23). The van der Waals surface area contributed by atoms with Gasteiger partial charge in [-0.3, -0.25) is 4.79 Å². The van der Waals surface area contributed by atoms with Gasteiger partial charge < -0.3 is 19.5 Å².